The van der Waals surface area contributed by atoms with Gasteiger partial charge in [0.1, 0.15) is 23.4 Å². The van der Waals surface area contributed by atoms with Gasteiger partial charge in [-0.25, -0.2) is 4.79 Å². The number of aliphatic carboxylic acids is 1. The van der Waals surface area contributed by atoms with Crippen molar-refractivity contribution in [3.8, 4) is 5.75 Å². The van der Waals surface area contributed by atoms with Gasteiger partial charge in [0.2, 0.25) is 5.91 Å². The van der Waals surface area contributed by atoms with E-state index in [1.165, 1.54) is 21.1 Å². The summed E-state index contributed by atoms with van der Waals surface area (Å²) in [6, 6.07) is 2.86. The Morgan fingerprint density at radius 3 is 2.41 bits per heavy atom. The van der Waals surface area contributed by atoms with Gasteiger partial charge in [-0.1, -0.05) is 12.1 Å². The van der Waals surface area contributed by atoms with Crippen molar-refractivity contribution in [3.05, 3.63) is 42.0 Å². The number of carbonyl (C=O) groups excluding carboxylic acids is 2. The number of benzene rings is 1. The summed E-state index contributed by atoms with van der Waals surface area (Å²) in [7, 11) is 2.97. The van der Waals surface area contributed by atoms with Crippen LogP contribution in [-0.4, -0.2) is 53.8 Å². The Balaban J connectivity index is 3.37. The fourth-order valence-corrected chi connectivity index (χ4v) is 2.63. The molecule has 8 nitrogen and oxygen atoms in total. The molecule has 0 bridgehead atoms. The normalized spacial score (nSPS) is 13.0. The summed E-state index contributed by atoms with van der Waals surface area (Å²) in [5, 5.41) is 11.5. The predicted octanol–water partition coefficient (Wildman–Crippen LogP) is 2.92. The number of nitrogens with zero attached hydrogens (tertiary/aromatic N) is 1. The molecule has 0 saturated carbocycles. The lowest BCUT2D eigenvalue weighted by molar-refractivity contribution is -0.142. The van der Waals surface area contributed by atoms with Gasteiger partial charge in [-0.2, -0.15) is 0 Å². The second-order valence-corrected chi connectivity index (χ2v) is 7.63. The lowest BCUT2D eigenvalue weighted by atomic mass is 9.99. The van der Waals surface area contributed by atoms with Crippen LogP contribution in [0.1, 0.15) is 44.9 Å². The van der Waals surface area contributed by atoms with Crippen molar-refractivity contribution >= 4 is 18.0 Å². The predicted molar refractivity (Wildman–Crippen MR) is 109 cm³/mol. The highest BCUT2D eigenvalue weighted by atomic mass is 16.6. The minimum absolute atomic E-state index is 0.492. The van der Waals surface area contributed by atoms with E-state index in [-0.39, 0.29) is 0 Å². The number of carboxylic acids is 1. The molecule has 1 rings (SSSR count). The van der Waals surface area contributed by atoms with Crippen molar-refractivity contribution in [2.24, 2.45) is 0 Å². The zero-order chi connectivity index (χ0) is 22.4. The average Bonchev–Trinajstić information content (AvgIpc) is 2.60. The Kier molecular flexibility index (Phi) is 8.24. The maximum absolute atomic E-state index is 12.9. The summed E-state index contributed by atoms with van der Waals surface area (Å²) in [6.07, 6.45) is 1.48. The molecule has 1 aromatic carbocycles. The van der Waals surface area contributed by atoms with Crippen LogP contribution in [0.4, 0.5) is 4.79 Å². The van der Waals surface area contributed by atoms with E-state index >= 15 is 0 Å². The van der Waals surface area contributed by atoms with E-state index in [0.717, 1.165) is 10.5 Å². The lowest BCUT2D eigenvalue weighted by Crippen LogP contribution is -2.47. The van der Waals surface area contributed by atoms with E-state index in [0.29, 0.717) is 17.7 Å². The molecule has 2 amide bonds. The van der Waals surface area contributed by atoms with Crippen LogP contribution in [0.25, 0.3) is 0 Å². The second kappa shape index (κ2) is 9.95. The fourth-order valence-electron chi connectivity index (χ4n) is 2.63. The van der Waals surface area contributed by atoms with Gasteiger partial charge in [-0.3, -0.25) is 14.5 Å². The summed E-state index contributed by atoms with van der Waals surface area (Å²) in [5.41, 5.74) is 0.516. The number of nitrogens with one attached hydrogen (secondary N) is 1. The average molecular weight is 406 g/mol. The summed E-state index contributed by atoms with van der Waals surface area (Å²) in [5.74, 6) is -1.20. The van der Waals surface area contributed by atoms with Crippen LogP contribution in [0, 0.1) is 0 Å². The summed E-state index contributed by atoms with van der Waals surface area (Å²) in [6.45, 7) is 10.2. The molecule has 2 unspecified atom stereocenters. The lowest BCUT2D eigenvalue weighted by Gasteiger charge is -2.31. The highest BCUT2D eigenvalue weighted by Gasteiger charge is 2.33. The van der Waals surface area contributed by atoms with Crippen molar-refractivity contribution in [3.63, 3.8) is 0 Å². The molecule has 0 aliphatic heterocycles. The first-order valence-corrected chi connectivity index (χ1v) is 9.18. The van der Waals surface area contributed by atoms with E-state index in [2.05, 4.69) is 11.9 Å². The topological polar surface area (TPSA) is 105 Å². The summed E-state index contributed by atoms with van der Waals surface area (Å²) >= 11 is 0. The van der Waals surface area contributed by atoms with Crippen LogP contribution >= 0.6 is 0 Å². The Morgan fingerprint density at radius 1 is 1.31 bits per heavy atom. The van der Waals surface area contributed by atoms with Crippen molar-refractivity contribution in [2.75, 3.05) is 14.2 Å². The molecule has 2 N–H and O–H groups in total. The van der Waals surface area contributed by atoms with Crippen LogP contribution in [0.3, 0.4) is 0 Å². The van der Waals surface area contributed by atoms with Crippen molar-refractivity contribution in [1.82, 2.24) is 10.2 Å². The zero-order valence-corrected chi connectivity index (χ0v) is 17.8. The van der Waals surface area contributed by atoms with Crippen LogP contribution < -0.4 is 10.1 Å². The van der Waals surface area contributed by atoms with Crippen LogP contribution in [0.5, 0.6) is 5.75 Å². The molecule has 0 aliphatic rings. The smallest absolute Gasteiger partial charge is 0.410 e. The minimum atomic E-state index is -1.18. The maximum Gasteiger partial charge on any atom is 0.410 e. The molecule has 0 fully saturated rings. The molecule has 1 aromatic rings. The Bertz CT molecular complexity index is 769. The van der Waals surface area contributed by atoms with Gasteiger partial charge in [0.15, 0.2) is 0 Å². The number of allylic oxidation sites excluding steroid dienone is 1. The molecule has 0 heterocycles. The molecule has 160 valence electrons. The molecule has 8 heteroatoms. The number of carboxylic acid groups (broad SMARTS) is 1. The molecule has 2 atom stereocenters. The van der Waals surface area contributed by atoms with E-state index in [9.17, 15) is 14.4 Å². The Morgan fingerprint density at radius 2 is 1.93 bits per heavy atom. The maximum atomic E-state index is 12.9. The number of carbonyl (C=O) groups is 3. The van der Waals surface area contributed by atoms with Gasteiger partial charge in [-0.05, 0) is 57.4 Å². The van der Waals surface area contributed by atoms with Crippen molar-refractivity contribution < 1.29 is 29.0 Å². The molecular weight excluding hydrogens is 376 g/mol. The second-order valence-electron chi connectivity index (χ2n) is 7.63. The molecule has 29 heavy (non-hydrogen) atoms. The largest absolute Gasteiger partial charge is 0.496 e. The number of amides is 2. The summed E-state index contributed by atoms with van der Waals surface area (Å²) < 4.78 is 10.7. The molecule has 0 aliphatic carbocycles. The standard InChI is InChI=1S/C21H30N2O6/c1-8-9-14-12-15(10-11-16(14)28-7)17(18(24)22-13(2)19(25)26)23(6)20(27)29-21(3,4)5/h8,10-13,17H,1,9H2,2-7H3,(H,22,24)(H,25,26). The van der Waals surface area contributed by atoms with Gasteiger partial charge >= 0.3 is 12.1 Å². The Labute approximate surface area is 171 Å². The molecule has 0 saturated heterocycles. The van der Waals surface area contributed by atoms with Crippen LogP contribution in [-0.2, 0) is 20.7 Å². The SMILES string of the molecule is C=CCc1cc(C(C(=O)NC(C)C(=O)O)N(C)C(=O)OC(C)(C)C)ccc1OC. The van der Waals surface area contributed by atoms with Crippen molar-refractivity contribution in [2.45, 2.75) is 51.8 Å². The van der Waals surface area contributed by atoms with Crippen LogP contribution in [0.2, 0.25) is 0 Å². The first-order valence-electron chi connectivity index (χ1n) is 9.18. The first kappa shape index (κ1) is 24.0. The monoisotopic (exact) mass is 406 g/mol. The number of ether oxygens (including phenoxy) is 2. The molecule has 0 radical (unpaired) electrons. The number of hydrogen-bond donors (Lipinski definition) is 2. The van der Waals surface area contributed by atoms with E-state index in [4.69, 9.17) is 14.6 Å². The number of hydrogen-bond acceptors (Lipinski definition) is 5. The van der Waals surface area contributed by atoms with Gasteiger partial charge < -0.3 is 19.9 Å². The van der Waals surface area contributed by atoms with Gasteiger partial charge in [-0.15, -0.1) is 6.58 Å². The summed E-state index contributed by atoms with van der Waals surface area (Å²) in [4.78, 5) is 37.8. The third-order valence-corrected chi connectivity index (χ3v) is 4.03. The highest BCUT2D eigenvalue weighted by Crippen LogP contribution is 2.28. The van der Waals surface area contributed by atoms with Gasteiger partial charge in [0, 0.05) is 7.05 Å². The van der Waals surface area contributed by atoms with E-state index in [1.807, 2.05) is 0 Å². The van der Waals surface area contributed by atoms with Crippen LogP contribution in [0.15, 0.2) is 30.9 Å². The quantitative estimate of drug-likeness (QED) is 0.643. The van der Waals surface area contributed by atoms with Crippen molar-refractivity contribution in [1.29, 1.82) is 0 Å². The first-order chi connectivity index (χ1) is 13.4. The van der Waals surface area contributed by atoms with E-state index in [1.54, 1.807) is 45.0 Å². The minimum Gasteiger partial charge on any atom is -0.496 e. The van der Waals surface area contributed by atoms with Gasteiger partial charge in [0.05, 0.1) is 7.11 Å². The van der Waals surface area contributed by atoms with Gasteiger partial charge in [0.25, 0.3) is 0 Å². The highest BCUT2D eigenvalue weighted by molar-refractivity contribution is 5.90. The Hall–Kier alpha value is -3.03. The number of methoxy groups -OCH3 is 1. The zero-order valence-electron chi connectivity index (χ0n) is 17.8. The van der Waals surface area contributed by atoms with E-state index < -0.39 is 35.7 Å². The number of likely N-dealkylation sites (N-methyl/N-ethyl adjacent to an activating group) is 1. The third kappa shape index (κ3) is 6.81. The molecular formula is C21H30N2O6. The molecule has 0 spiro atoms. The molecule has 0 aromatic heterocycles. The number of rotatable bonds is 8. The third-order valence-electron chi connectivity index (χ3n) is 4.03. The fraction of sp³-hybridized carbons (Fsp3) is 0.476.